The molecule has 22 heavy (non-hydrogen) atoms. The van der Waals surface area contributed by atoms with Crippen LogP contribution in [-0.2, 0) is 16.6 Å². The van der Waals surface area contributed by atoms with Crippen molar-refractivity contribution in [1.29, 1.82) is 0 Å². The summed E-state index contributed by atoms with van der Waals surface area (Å²) in [5, 5.41) is 4.24. The lowest BCUT2D eigenvalue weighted by atomic mass is 10.2. The number of rotatable bonds is 6. The molecule has 0 fully saturated rings. The molecule has 0 saturated carbocycles. The van der Waals surface area contributed by atoms with Crippen molar-refractivity contribution >= 4 is 10.0 Å². The normalized spacial score (nSPS) is 11.9. The molecule has 1 aromatic heterocycles. The molecular weight excluding hydrogens is 302 g/mol. The molecular formula is C15H21N3O3S. The van der Waals surface area contributed by atoms with Crippen LogP contribution in [0.1, 0.15) is 31.1 Å². The summed E-state index contributed by atoms with van der Waals surface area (Å²) in [7, 11) is -2.02. The first-order chi connectivity index (χ1) is 10.3. The first kappa shape index (κ1) is 16.5. The van der Waals surface area contributed by atoms with Crippen LogP contribution in [0.25, 0.3) is 0 Å². The Hall–Kier alpha value is -1.86. The lowest BCUT2D eigenvalue weighted by molar-refractivity contribution is 0.414. The Morgan fingerprint density at radius 1 is 1.36 bits per heavy atom. The van der Waals surface area contributed by atoms with Gasteiger partial charge in [-0.25, -0.2) is 13.1 Å². The molecule has 1 N–H and O–H groups in total. The van der Waals surface area contributed by atoms with Gasteiger partial charge in [0, 0.05) is 18.8 Å². The first-order valence-corrected chi connectivity index (χ1v) is 8.50. The molecule has 0 bridgehead atoms. The number of hydrogen-bond donors (Lipinski definition) is 1. The third-order valence-corrected chi connectivity index (χ3v) is 4.79. The van der Waals surface area contributed by atoms with Gasteiger partial charge in [-0.2, -0.15) is 5.10 Å². The lowest BCUT2D eigenvalue weighted by Gasteiger charge is -2.07. The van der Waals surface area contributed by atoms with Crippen LogP contribution in [0.15, 0.2) is 35.4 Å². The van der Waals surface area contributed by atoms with Gasteiger partial charge in [-0.15, -0.1) is 0 Å². The number of benzene rings is 1. The first-order valence-electron chi connectivity index (χ1n) is 7.02. The molecule has 0 amide bonds. The van der Waals surface area contributed by atoms with Gasteiger partial charge in [-0.3, -0.25) is 4.68 Å². The van der Waals surface area contributed by atoms with E-state index in [0.29, 0.717) is 11.4 Å². The predicted molar refractivity (Wildman–Crippen MR) is 84.4 cm³/mol. The van der Waals surface area contributed by atoms with E-state index < -0.39 is 10.0 Å². The maximum atomic E-state index is 12.4. The quantitative estimate of drug-likeness (QED) is 0.885. The Bertz CT molecular complexity index is 751. The lowest BCUT2D eigenvalue weighted by Crippen LogP contribution is -2.23. The van der Waals surface area contributed by atoms with Gasteiger partial charge < -0.3 is 4.74 Å². The molecule has 0 atom stereocenters. The molecule has 0 aliphatic carbocycles. The summed E-state index contributed by atoms with van der Waals surface area (Å²) in [6.45, 7) is 5.80. The summed E-state index contributed by atoms with van der Waals surface area (Å²) < 4.78 is 34.2. The highest BCUT2D eigenvalue weighted by atomic mass is 32.2. The smallest absolute Gasteiger partial charge is 0.244 e. The molecule has 1 heterocycles. The van der Waals surface area contributed by atoms with E-state index in [9.17, 15) is 8.42 Å². The number of hydrogen-bond acceptors (Lipinski definition) is 4. The minimum Gasteiger partial charge on any atom is -0.497 e. The summed E-state index contributed by atoms with van der Waals surface area (Å²) in [6.07, 6.45) is 1.56. The summed E-state index contributed by atoms with van der Waals surface area (Å²) in [5.41, 5.74) is 1.32. The predicted octanol–water partition coefficient (Wildman–Crippen LogP) is 2.26. The third-order valence-electron chi connectivity index (χ3n) is 3.29. The molecule has 120 valence electrons. The number of methoxy groups -OCH3 is 1. The van der Waals surface area contributed by atoms with Crippen molar-refractivity contribution in [2.24, 2.45) is 0 Å². The summed E-state index contributed by atoms with van der Waals surface area (Å²) in [5.74, 6) is 0.695. The number of ether oxygens (including phenoxy) is 1. The van der Waals surface area contributed by atoms with Crippen molar-refractivity contribution in [3.8, 4) is 5.75 Å². The van der Waals surface area contributed by atoms with Crippen LogP contribution < -0.4 is 9.46 Å². The summed E-state index contributed by atoms with van der Waals surface area (Å²) in [6, 6.07) is 7.39. The fourth-order valence-corrected chi connectivity index (χ4v) is 3.22. The van der Waals surface area contributed by atoms with Gasteiger partial charge in [0.15, 0.2) is 0 Å². The van der Waals surface area contributed by atoms with E-state index >= 15 is 0 Å². The van der Waals surface area contributed by atoms with E-state index in [1.807, 2.05) is 32.0 Å². The maximum absolute atomic E-state index is 12.4. The molecule has 0 unspecified atom stereocenters. The minimum absolute atomic E-state index is 0.112. The zero-order valence-electron chi connectivity index (χ0n) is 13.2. The second-order valence-corrected chi connectivity index (χ2v) is 7.06. The summed E-state index contributed by atoms with van der Waals surface area (Å²) >= 11 is 0. The number of nitrogens with one attached hydrogen (secondary N) is 1. The van der Waals surface area contributed by atoms with Gasteiger partial charge in [0.05, 0.1) is 12.8 Å². The summed E-state index contributed by atoms with van der Waals surface area (Å²) in [4.78, 5) is 0.212. The number of aryl methyl sites for hydroxylation is 1. The topological polar surface area (TPSA) is 73.2 Å². The highest BCUT2D eigenvalue weighted by molar-refractivity contribution is 7.89. The average molecular weight is 323 g/mol. The van der Waals surface area contributed by atoms with Gasteiger partial charge in [-0.05, 0) is 38.5 Å². The van der Waals surface area contributed by atoms with E-state index in [-0.39, 0.29) is 17.5 Å². The van der Waals surface area contributed by atoms with Gasteiger partial charge in [0.25, 0.3) is 0 Å². The fraction of sp³-hybridized carbons (Fsp3) is 0.400. The molecule has 7 heteroatoms. The van der Waals surface area contributed by atoms with Crippen LogP contribution in [0.3, 0.4) is 0 Å². The number of nitrogens with zero attached hydrogens (tertiary/aromatic N) is 2. The Morgan fingerprint density at radius 2 is 2.09 bits per heavy atom. The molecule has 0 saturated heterocycles. The van der Waals surface area contributed by atoms with Crippen molar-refractivity contribution < 1.29 is 13.2 Å². The van der Waals surface area contributed by atoms with Crippen LogP contribution in [0.5, 0.6) is 5.75 Å². The van der Waals surface area contributed by atoms with Gasteiger partial charge in [0.2, 0.25) is 10.0 Å². The Balaban J connectivity index is 2.17. The average Bonchev–Trinajstić information content (AvgIpc) is 2.89. The van der Waals surface area contributed by atoms with E-state index in [4.69, 9.17) is 4.74 Å². The Labute approximate surface area is 131 Å². The molecule has 0 radical (unpaired) electrons. The molecule has 2 aromatic rings. The minimum atomic E-state index is -3.60. The van der Waals surface area contributed by atoms with Crippen molar-refractivity contribution in [2.45, 2.75) is 38.3 Å². The molecule has 0 spiro atoms. The maximum Gasteiger partial charge on any atom is 0.244 e. The van der Waals surface area contributed by atoms with E-state index in [1.165, 1.54) is 0 Å². The monoisotopic (exact) mass is 323 g/mol. The van der Waals surface area contributed by atoms with Crippen LogP contribution in [-0.4, -0.2) is 25.3 Å². The molecule has 2 rings (SSSR count). The number of aromatic nitrogens is 2. The van der Waals surface area contributed by atoms with Crippen LogP contribution in [0.4, 0.5) is 0 Å². The van der Waals surface area contributed by atoms with Crippen molar-refractivity contribution in [3.05, 3.63) is 41.7 Å². The Morgan fingerprint density at radius 3 is 2.68 bits per heavy atom. The third kappa shape index (κ3) is 3.66. The molecule has 0 aliphatic heterocycles. The highest BCUT2D eigenvalue weighted by Crippen LogP contribution is 2.17. The van der Waals surface area contributed by atoms with Gasteiger partial charge in [0.1, 0.15) is 10.6 Å². The van der Waals surface area contributed by atoms with Crippen molar-refractivity contribution in [3.63, 3.8) is 0 Å². The molecule has 6 nitrogen and oxygen atoms in total. The number of sulfonamides is 1. The van der Waals surface area contributed by atoms with Crippen LogP contribution in [0, 0.1) is 6.92 Å². The SMILES string of the molecule is COc1cccc(CNS(=O)(=O)c2cn(C(C)C)nc2C)c1. The largest absolute Gasteiger partial charge is 0.497 e. The van der Waals surface area contributed by atoms with Gasteiger partial charge in [-0.1, -0.05) is 12.1 Å². The van der Waals surface area contributed by atoms with Crippen LogP contribution in [0.2, 0.25) is 0 Å². The fourth-order valence-electron chi connectivity index (χ4n) is 2.03. The zero-order chi connectivity index (χ0) is 16.3. The van der Waals surface area contributed by atoms with E-state index in [1.54, 1.807) is 31.0 Å². The second-order valence-electron chi connectivity index (χ2n) is 5.33. The second kappa shape index (κ2) is 6.50. The van der Waals surface area contributed by atoms with Crippen molar-refractivity contribution in [2.75, 3.05) is 7.11 Å². The Kier molecular flexibility index (Phi) is 4.87. The standard InChI is InChI=1S/C15H21N3O3S/c1-11(2)18-10-15(12(3)17-18)22(19,20)16-9-13-6-5-7-14(8-13)21-4/h5-8,10-11,16H,9H2,1-4H3. The van der Waals surface area contributed by atoms with Gasteiger partial charge >= 0.3 is 0 Å². The van der Waals surface area contributed by atoms with Crippen LogP contribution >= 0.6 is 0 Å². The van der Waals surface area contributed by atoms with Crippen molar-refractivity contribution in [1.82, 2.24) is 14.5 Å². The highest BCUT2D eigenvalue weighted by Gasteiger charge is 2.20. The molecule has 1 aromatic carbocycles. The van der Waals surface area contributed by atoms with E-state index in [0.717, 1.165) is 5.56 Å². The molecule has 0 aliphatic rings. The zero-order valence-corrected chi connectivity index (χ0v) is 14.0. The van der Waals surface area contributed by atoms with E-state index in [2.05, 4.69) is 9.82 Å².